The van der Waals surface area contributed by atoms with Gasteiger partial charge in [-0.3, -0.25) is 9.59 Å². The number of sulfonamides is 1. The van der Waals surface area contributed by atoms with Gasteiger partial charge in [-0.2, -0.15) is 0 Å². The van der Waals surface area contributed by atoms with E-state index >= 15 is 0 Å². The maximum absolute atomic E-state index is 11.8. The molecule has 18 heavy (non-hydrogen) atoms. The van der Waals surface area contributed by atoms with Crippen LogP contribution < -0.4 is 10.0 Å². The summed E-state index contributed by atoms with van der Waals surface area (Å²) >= 11 is 0. The normalized spacial score (nSPS) is 11.0. The lowest BCUT2D eigenvalue weighted by atomic mass is 10.2. The summed E-state index contributed by atoms with van der Waals surface area (Å²) in [6.07, 6.45) is 0. The Morgan fingerprint density at radius 2 is 1.94 bits per heavy atom. The van der Waals surface area contributed by atoms with Gasteiger partial charge in [-0.15, -0.1) is 0 Å². The van der Waals surface area contributed by atoms with Crippen molar-refractivity contribution >= 4 is 21.7 Å². The minimum Gasteiger partial charge on any atom is -0.358 e. The first-order chi connectivity index (χ1) is 8.36. The topological polar surface area (TPSA) is 92.3 Å². The van der Waals surface area contributed by atoms with E-state index in [-0.39, 0.29) is 17.2 Å². The number of carbonyl (C=O) groups excluding carboxylic acids is 2. The number of Topliss-reactive ketones (excluding diaryl/α,β-unsaturated/α-hetero) is 1. The Balaban J connectivity index is 2.95. The highest BCUT2D eigenvalue weighted by Crippen LogP contribution is 2.11. The maximum atomic E-state index is 11.8. The molecule has 0 fully saturated rings. The molecular weight excluding hydrogens is 256 g/mol. The number of likely N-dealkylation sites (N-methyl/N-ethyl adjacent to an activating group) is 1. The highest BCUT2D eigenvalue weighted by molar-refractivity contribution is 7.89. The number of benzene rings is 1. The molecule has 0 spiro atoms. The standard InChI is InChI=1S/C11H14N2O4S/c1-8(14)9-4-3-5-10(6-9)18(16,17)13-7-11(15)12-2/h3-6,13H,7H2,1-2H3,(H,12,15). The monoisotopic (exact) mass is 270 g/mol. The van der Waals surface area contributed by atoms with Crippen molar-refractivity contribution in [3.05, 3.63) is 29.8 Å². The molecule has 1 amide bonds. The van der Waals surface area contributed by atoms with Crippen LogP contribution in [0.3, 0.4) is 0 Å². The molecule has 98 valence electrons. The molecule has 1 aromatic rings. The summed E-state index contributed by atoms with van der Waals surface area (Å²) in [5.41, 5.74) is 0.304. The fourth-order valence-corrected chi connectivity index (χ4v) is 2.24. The summed E-state index contributed by atoms with van der Waals surface area (Å²) in [5, 5.41) is 2.30. The second kappa shape index (κ2) is 5.74. The van der Waals surface area contributed by atoms with Gasteiger partial charge in [0, 0.05) is 12.6 Å². The fourth-order valence-electron chi connectivity index (χ4n) is 1.21. The lowest BCUT2D eigenvalue weighted by Gasteiger charge is -2.06. The molecule has 0 atom stereocenters. The quantitative estimate of drug-likeness (QED) is 0.732. The van der Waals surface area contributed by atoms with E-state index in [1.165, 1.54) is 38.2 Å². The molecule has 0 aliphatic rings. The van der Waals surface area contributed by atoms with Crippen LogP contribution in [-0.4, -0.2) is 33.7 Å². The maximum Gasteiger partial charge on any atom is 0.241 e. The van der Waals surface area contributed by atoms with Crippen LogP contribution in [0.2, 0.25) is 0 Å². The number of hydrogen-bond donors (Lipinski definition) is 2. The predicted octanol–water partition coefficient (Wildman–Crippen LogP) is -0.0865. The Kier molecular flexibility index (Phi) is 4.57. The van der Waals surface area contributed by atoms with Gasteiger partial charge < -0.3 is 5.32 Å². The van der Waals surface area contributed by atoms with Crippen molar-refractivity contribution in [1.29, 1.82) is 0 Å². The van der Waals surface area contributed by atoms with E-state index in [0.717, 1.165) is 0 Å². The van der Waals surface area contributed by atoms with E-state index in [2.05, 4.69) is 10.0 Å². The highest BCUT2D eigenvalue weighted by Gasteiger charge is 2.16. The van der Waals surface area contributed by atoms with Gasteiger partial charge in [0.05, 0.1) is 11.4 Å². The number of nitrogens with one attached hydrogen (secondary N) is 2. The Bertz CT molecular complexity index is 566. The van der Waals surface area contributed by atoms with Gasteiger partial charge in [0.25, 0.3) is 0 Å². The van der Waals surface area contributed by atoms with Crippen molar-refractivity contribution < 1.29 is 18.0 Å². The third-order valence-electron chi connectivity index (χ3n) is 2.25. The van der Waals surface area contributed by atoms with E-state index < -0.39 is 15.9 Å². The molecule has 0 saturated carbocycles. The summed E-state index contributed by atoms with van der Waals surface area (Å²) in [7, 11) is -2.37. The minimum absolute atomic E-state index is 0.0425. The molecule has 0 aliphatic heterocycles. The average Bonchev–Trinajstić information content (AvgIpc) is 2.36. The molecule has 0 bridgehead atoms. The molecule has 0 radical (unpaired) electrons. The molecule has 2 N–H and O–H groups in total. The number of carbonyl (C=O) groups is 2. The Morgan fingerprint density at radius 3 is 2.50 bits per heavy atom. The van der Waals surface area contributed by atoms with Crippen molar-refractivity contribution in [3.8, 4) is 0 Å². The SMILES string of the molecule is CNC(=O)CNS(=O)(=O)c1cccc(C(C)=O)c1. The summed E-state index contributed by atoms with van der Waals surface area (Å²) in [5.74, 6) is -0.667. The van der Waals surface area contributed by atoms with Crippen LogP contribution in [0.25, 0.3) is 0 Å². The lowest BCUT2D eigenvalue weighted by molar-refractivity contribution is -0.119. The predicted molar refractivity (Wildman–Crippen MR) is 65.7 cm³/mol. The zero-order valence-electron chi connectivity index (χ0n) is 10.1. The van der Waals surface area contributed by atoms with E-state index in [1.807, 2.05) is 0 Å². The summed E-state index contributed by atoms with van der Waals surface area (Å²) < 4.78 is 25.8. The zero-order valence-corrected chi connectivity index (χ0v) is 10.9. The Labute approximate surface area is 105 Å². The van der Waals surface area contributed by atoms with Crippen LogP contribution in [-0.2, 0) is 14.8 Å². The van der Waals surface area contributed by atoms with Crippen LogP contribution in [0.4, 0.5) is 0 Å². The van der Waals surface area contributed by atoms with E-state index in [0.29, 0.717) is 5.56 Å². The Hall–Kier alpha value is -1.73. The van der Waals surface area contributed by atoms with Gasteiger partial charge >= 0.3 is 0 Å². The van der Waals surface area contributed by atoms with Gasteiger partial charge in [0.15, 0.2) is 5.78 Å². The number of rotatable bonds is 5. The van der Waals surface area contributed by atoms with Crippen LogP contribution in [0.1, 0.15) is 17.3 Å². The van der Waals surface area contributed by atoms with Crippen LogP contribution in [0, 0.1) is 0 Å². The van der Waals surface area contributed by atoms with Gasteiger partial charge in [0.1, 0.15) is 0 Å². The summed E-state index contributed by atoms with van der Waals surface area (Å²) in [4.78, 5) is 22.1. The zero-order chi connectivity index (χ0) is 13.8. The van der Waals surface area contributed by atoms with Gasteiger partial charge in [-0.25, -0.2) is 13.1 Å². The first kappa shape index (κ1) is 14.3. The van der Waals surface area contributed by atoms with E-state index in [9.17, 15) is 18.0 Å². The molecule has 0 aliphatic carbocycles. The van der Waals surface area contributed by atoms with Gasteiger partial charge in [-0.1, -0.05) is 12.1 Å². The first-order valence-electron chi connectivity index (χ1n) is 5.18. The average molecular weight is 270 g/mol. The molecule has 1 rings (SSSR count). The molecule has 1 aromatic carbocycles. The minimum atomic E-state index is -3.78. The second-order valence-corrected chi connectivity index (χ2v) is 5.35. The number of ketones is 1. The largest absolute Gasteiger partial charge is 0.358 e. The Morgan fingerprint density at radius 1 is 1.28 bits per heavy atom. The second-order valence-electron chi connectivity index (χ2n) is 3.58. The number of amides is 1. The summed E-state index contributed by atoms with van der Waals surface area (Å²) in [6.45, 7) is 1.01. The third kappa shape index (κ3) is 3.64. The summed E-state index contributed by atoms with van der Waals surface area (Å²) in [6, 6.07) is 5.64. The highest BCUT2D eigenvalue weighted by atomic mass is 32.2. The van der Waals surface area contributed by atoms with Crippen molar-refractivity contribution in [3.63, 3.8) is 0 Å². The molecule has 7 heteroatoms. The third-order valence-corrected chi connectivity index (χ3v) is 3.65. The van der Waals surface area contributed by atoms with Crippen molar-refractivity contribution in [2.75, 3.05) is 13.6 Å². The van der Waals surface area contributed by atoms with Gasteiger partial charge in [0.2, 0.25) is 15.9 Å². The lowest BCUT2D eigenvalue weighted by Crippen LogP contribution is -2.35. The molecule has 0 unspecified atom stereocenters. The molecule has 0 heterocycles. The smallest absolute Gasteiger partial charge is 0.241 e. The number of hydrogen-bond acceptors (Lipinski definition) is 4. The fraction of sp³-hybridized carbons (Fsp3) is 0.273. The van der Waals surface area contributed by atoms with Crippen LogP contribution in [0.5, 0.6) is 0 Å². The van der Waals surface area contributed by atoms with Crippen LogP contribution in [0.15, 0.2) is 29.2 Å². The first-order valence-corrected chi connectivity index (χ1v) is 6.66. The van der Waals surface area contributed by atoms with E-state index in [4.69, 9.17) is 0 Å². The van der Waals surface area contributed by atoms with Crippen LogP contribution >= 0.6 is 0 Å². The molecule has 6 nitrogen and oxygen atoms in total. The molecule has 0 saturated heterocycles. The molecule has 0 aromatic heterocycles. The molecular formula is C11H14N2O4S. The van der Waals surface area contributed by atoms with E-state index in [1.54, 1.807) is 0 Å². The van der Waals surface area contributed by atoms with Crippen molar-refractivity contribution in [2.24, 2.45) is 0 Å². The van der Waals surface area contributed by atoms with Crippen molar-refractivity contribution in [1.82, 2.24) is 10.0 Å². The van der Waals surface area contributed by atoms with Crippen molar-refractivity contribution in [2.45, 2.75) is 11.8 Å². The van der Waals surface area contributed by atoms with Gasteiger partial charge in [-0.05, 0) is 19.1 Å².